The van der Waals surface area contributed by atoms with E-state index in [2.05, 4.69) is 15.6 Å². The second-order valence-corrected chi connectivity index (χ2v) is 6.60. The summed E-state index contributed by atoms with van der Waals surface area (Å²) >= 11 is 13.0. The molecule has 5 nitrogen and oxygen atoms in total. The Morgan fingerprint density at radius 1 is 1.17 bits per heavy atom. The first-order valence-electron chi connectivity index (χ1n) is 6.96. The summed E-state index contributed by atoms with van der Waals surface area (Å²) in [6.45, 7) is 0. The number of para-hydroxylation sites is 1. The molecule has 0 saturated heterocycles. The van der Waals surface area contributed by atoms with Crippen LogP contribution in [0.3, 0.4) is 0 Å². The largest absolute Gasteiger partial charge is 0.497 e. The average Bonchev–Trinajstić information content (AvgIpc) is 2.99. The van der Waals surface area contributed by atoms with Crippen molar-refractivity contribution in [1.82, 2.24) is 4.98 Å². The number of thiazole rings is 1. The zero-order chi connectivity index (χ0) is 17.1. The maximum atomic E-state index is 6.14. The van der Waals surface area contributed by atoms with Gasteiger partial charge in [0.15, 0.2) is 10.2 Å². The van der Waals surface area contributed by atoms with Gasteiger partial charge in [-0.2, -0.15) is 0 Å². The SMILES string of the molecule is COc1ccc(NC(=S)Nc2nc3c(Cl)cccc3s2)c(OC)c1. The van der Waals surface area contributed by atoms with E-state index in [9.17, 15) is 0 Å². The smallest absolute Gasteiger partial charge is 0.190 e. The van der Waals surface area contributed by atoms with E-state index in [0.717, 1.165) is 15.9 Å². The predicted octanol–water partition coefficient (Wildman–Crippen LogP) is 4.78. The van der Waals surface area contributed by atoms with Crippen LogP contribution in [0.2, 0.25) is 5.02 Å². The van der Waals surface area contributed by atoms with Crippen molar-refractivity contribution in [1.29, 1.82) is 0 Å². The first-order chi connectivity index (χ1) is 11.6. The summed E-state index contributed by atoms with van der Waals surface area (Å²) in [4.78, 5) is 4.46. The van der Waals surface area contributed by atoms with Crippen LogP contribution in [-0.4, -0.2) is 24.3 Å². The fourth-order valence-electron chi connectivity index (χ4n) is 2.12. The molecule has 2 aromatic carbocycles. The van der Waals surface area contributed by atoms with Crippen LogP contribution in [-0.2, 0) is 0 Å². The van der Waals surface area contributed by atoms with Crippen molar-refractivity contribution < 1.29 is 9.47 Å². The number of methoxy groups -OCH3 is 2. The number of hydrogen-bond acceptors (Lipinski definition) is 5. The van der Waals surface area contributed by atoms with Crippen molar-refractivity contribution in [3.63, 3.8) is 0 Å². The summed E-state index contributed by atoms with van der Waals surface area (Å²) in [6, 6.07) is 11.1. The molecule has 2 N–H and O–H groups in total. The lowest BCUT2D eigenvalue weighted by Crippen LogP contribution is -2.19. The minimum absolute atomic E-state index is 0.411. The van der Waals surface area contributed by atoms with Crippen molar-refractivity contribution in [2.24, 2.45) is 0 Å². The Kier molecular flexibility index (Phi) is 5.03. The Morgan fingerprint density at radius 3 is 2.71 bits per heavy atom. The Hall–Kier alpha value is -2.09. The van der Waals surface area contributed by atoms with Crippen LogP contribution in [0.5, 0.6) is 11.5 Å². The zero-order valence-corrected chi connectivity index (χ0v) is 15.3. The van der Waals surface area contributed by atoms with Gasteiger partial charge < -0.3 is 20.1 Å². The minimum Gasteiger partial charge on any atom is -0.497 e. The summed E-state index contributed by atoms with van der Waals surface area (Å²) in [5.74, 6) is 1.34. The highest BCUT2D eigenvalue weighted by molar-refractivity contribution is 7.80. The van der Waals surface area contributed by atoms with Crippen LogP contribution in [0.15, 0.2) is 36.4 Å². The maximum absolute atomic E-state index is 6.14. The van der Waals surface area contributed by atoms with Crippen molar-refractivity contribution in [3.05, 3.63) is 41.4 Å². The number of benzene rings is 2. The van der Waals surface area contributed by atoms with E-state index in [1.165, 1.54) is 11.3 Å². The number of rotatable bonds is 4. The molecule has 0 saturated carbocycles. The van der Waals surface area contributed by atoms with Gasteiger partial charge in [0, 0.05) is 6.07 Å². The Morgan fingerprint density at radius 2 is 2.00 bits per heavy atom. The molecule has 0 spiro atoms. The van der Waals surface area contributed by atoms with Gasteiger partial charge in [-0.05, 0) is 36.5 Å². The first-order valence-corrected chi connectivity index (χ1v) is 8.56. The molecule has 0 fully saturated rings. The van der Waals surface area contributed by atoms with E-state index in [1.54, 1.807) is 20.3 Å². The summed E-state index contributed by atoms with van der Waals surface area (Å²) in [7, 11) is 3.19. The van der Waals surface area contributed by atoms with E-state index in [4.69, 9.17) is 33.3 Å². The predicted molar refractivity (Wildman–Crippen MR) is 104 cm³/mol. The Labute approximate surface area is 153 Å². The summed E-state index contributed by atoms with van der Waals surface area (Å²) < 4.78 is 11.5. The van der Waals surface area contributed by atoms with Gasteiger partial charge in [-0.3, -0.25) is 0 Å². The van der Waals surface area contributed by atoms with Crippen LogP contribution in [0, 0.1) is 0 Å². The number of ether oxygens (including phenoxy) is 2. The third-order valence-corrected chi connectivity index (χ3v) is 4.69. The number of aromatic nitrogens is 1. The normalized spacial score (nSPS) is 10.5. The van der Waals surface area contributed by atoms with Crippen LogP contribution in [0.1, 0.15) is 0 Å². The molecule has 0 aliphatic heterocycles. The number of nitrogens with one attached hydrogen (secondary N) is 2. The molecule has 124 valence electrons. The third kappa shape index (κ3) is 3.53. The van der Waals surface area contributed by atoms with Gasteiger partial charge in [0.1, 0.15) is 17.0 Å². The standard InChI is InChI=1S/C16H14ClN3O2S2/c1-21-9-6-7-11(12(8-9)22-2)18-15(23)20-16-19-14-10(17)4-3-5-13(14)24-16/h3-8H,1-2H3,(H2,18,19,20,23). The molecule has 0 aliphatic carbocycles. The van der Waals surface area contributed by atoms with Crippen molar-refractivity contribution >= 4 is 61.3 Å². The fourth-order valence-corrected chi connectivity index (χ4v) is 3.56. The highest BCUT2D eigenvalue weighted by Gasteiger charge is 2.10. The fraction of sp³-hybridized carbons (Fsp3) is 0.125. The lowest BCUT2D eigenvalue weighted by Gasteiger charge is -2.13. The number of thiocarbonyl (C=S) groups is 1. The van der Waals surface area contributed by atoms with Gasteiger partial charge in [0.25, 0.3) is 0 Å². The highest BCUT2D eigenvalue weighted by Crippen LogP contribution is 2.32. The van der Waals surface area contributed by atoms with Crippen LogP contribution >= 0.6 is 35.2 Å². The topological polar surface area (TPSA) is 55.4 Å². The minimum atomic E-state index is 0.411. The van der Waals surface area contributed by atoms with Gasteiger partial charge >= 0.3 is 0 Å². The van der Waals surface area contributed by atoms with Crippen molar-refractivity contribution in [2.45, 2.75) is 0 Å². The van der Waals surface area contributed by atoms with Gasteiger partial charge in [-0.15, -0.1) is 0 Å². The van der Waals surface area contributed by atoms with Gasteiger partial charge in [0.2, 0.25) is 0 Å². The number of hydrogen-bond donors (Lipinski definition) is 2. The molecule has 0 aliphatic rings. The molecular formula is C16H14ClN3O2S2. The van der Waals surface area contributed by atoms with Crippen LogP contribution < -0.4 is 20.1 Å². The second kappa shape index (κ2) is 7.21. The van der Waals surface area contributed by atoms with Crippen LogP contribution in [0.4, 0.5) is 10.8 Å². The van der Waals surface area contributed by atoms with Gasteiger partial charge in [-0.25, -0.2) is 4.98 Å². The Bertz CT molecular complexity index is 898. The monoisotopic (exact) mass is 379 g/mol. The van der Waals surface area contributed by atoms with E-state index < -0.39 is 0 Å². The molecule has 1 heterocycles. The summed E-state index contributed by atoms with van der Waals surface area (Å²) in [5, 5.41) is 7.86. The van der Waals surface area contributed by atoms with E-state index in [-0.39, 0.29) is 0 Å². The summed E-state index contributed by atoms with van der Waals surface area (Å²) in [6.07, 6.45) is 0. The first kappa shape index (κ1) is 16.8. The molecule has 0 bridgehead atoms. The highest BCUT2D eigenvalue weighted by atomic mass is 35.5. The van der Waals surface area contributed by atoms with E-state index >= 15 is 0 Å². The molecule has 8 heteroatoms. The van der Waals surface area contributed by atoms with E-state index in [0.29, 0.717) is 26.8 Å². The van der Waals surface area contributed by atoms with Crippen LogP contribution in [0.25, 0.3) is 10.2 Å². The third-order valence-electron chi connectivity index (χ3n) is 3.25. The molecule has 3 rings (SSSR count). The Balaban J connectivity index is 1.76. The molecule has 24 heavy (non-hydrogen) atoms. The summed E-state index contributed by atoms with van der Waals surface area (Å²) in [5.41, 5.74) is 1.49. The number of halogens is 1. The lowest BCUT2D eigenvalue weighted by atomic mass is 10.2. The zero-order valence-electron chi connectivity index (χ0n) is 12.9. The quantitative estimate of drug-likeness (QED) is 0.636. The molecule has 0 unspecified atom stereocenters. The second-order valence-electron chi connectivity index (χ2n) is 4.75. The lowest BCUT2D eigenvalue weighted by molar-refractivity contribution is 0.395. The number of anilines is 2. The molecule has 3 aromatic rings. The van der Waals surface area contributed by atoms with Crippen molar-refractivity contribution in [3.8, 4) is 11.5 Å². The molecule has 0 amide bonds. The molecule has 0 atom stereocenters. The molecular weight excluding hydrogens is 366 g/mol. The van der Waals surface area contributed by atoms with E-state index in [1.807, 2.05) is 30.3 Å². The molecule has 1 aromatic heterocycles. The van der Waals surface area contributed by atoms with Gasteiger partial charge in [-0.1, -0.05) is 29.0 Å². The number of fused-ring (bicyclic) bond motifs is 1. The molecule has 0 radical (unpaired) electrons. The van der Waals surface area contributed by atoms with Gasteiger partial charge in [0.05, 0.1) is 29.6 Å². The number of nitrogens with zero attached hydrogens (tertiary/aromatic N) is 1. The maximum Gasteiger partial charge on any atom is 0.190 e. The average molecular weight is 380 g/mol. The van der Waals surface area contributed by atoms with Crippen molar-refractivity contribution in [2.75, 3.05) is 24.9 Å².